The van der Waals surface area contributed by atoms with Crippen LogP contribution in [0.15, 0.2) is 0 Å². The van der Waals surface area contributed by atoms with E-state index in [4.69, 9.17) is 18.9 Å². The first-order chi connectivity index (χ1) is 8.88. The minimum atomic E-state index is -0.942. The molecule has 0 aromatic heterocycles. The largest absolute Gasteiger partial charge is 0.502 e. The zero-order valence-corrected chi connectivity index (χ0v) is 11.6. The highest BCUT2D eigenvalue weighted by molar-refractivity contribution is 5.71. The molecule has 2 N–H and O–H groups in total. The van der Waals surface area contributed by atoms with Gasteiger partial charge in [0.05, 0.1) is 26.9 Å². The zero-order valence-electron chi connectivity index (χ0n) is 11.6. The van der Waals surface area contributed by atoms with Gasteiger partial charge in [0.25, 0.3) is 0 Å². The lowest BCUT2D eigenvalue weighted by Crippen LogP contribution is -2.30. The van der Waals surface area contributed by atoms with Crippen molar-refractivity contribution in [3.8, 4) is 28.7 Å². The third-order valence-electron chi connectivity index (χ3n) is 3.24. The van der Waals surface area contributed by atoms with Crippen molar-refractivity contribution in [3.05, 3.63) is 5.56 Å². The Kier molecular flexibility index (Phi) is 3.14. The fraction of sp³-hybridized carbons (Fsp3) is 0.538. The number of fused-ring (bicyclic) bond motifs is 1. The van der Waals surface area contributed by atoms with E-state index in [-0.39, 0.29) is 23.0 Å². The van der Waals surface area contributed by atoms with Gasteiger partial charge in [-0.05, 0) is 13.8 Å². The number of hydrogen-bond acceptors (Lipinski definition) is 6. The smallest absolute Gasteiger partial charge is 0.211 e. The molecule has 0 amide bonds. The van der Waals surface area contributed by atoms with Crippen molar-refractivity contribution in [2.75, 3.05) is 21.3 Å². The maximum atomic E-state index is 10.3. The fourth-order valence-corrected chi connectivity index (χ4v) is 2.26. The molecule has 1 aromatic rings. The molecule has 19 heavy (non-hydrogen) atoms. The van der Waals surface area contributed by atoms with Crippen LogP contribution in [0.2, 0.25) is 0 Å². The number of aliphatic hydroxyl groups is 1. The van der Waals surface area contributed by atoms with E-state index in [1.165, 1.54) is 21.3 Å². The molecule has 0 aliphatic carbocycles. The van der Waals surface area contributed by atoms with Crippen LogP contribution in [0.25, 0.3) is 0 Å². The molecule has 0 saturated carbocycles. The highest BCUT2D eigenvalue weighted by Crippen LogP contribution is 2.60. The summed E-state index contributed by atoms with van der Waals surface area (Å²) in [5.74, 6) is 0.585. The van der Waals surface area contributed by atoms with Crippen LogP contribution in [0.3, 0.4) is 0 Å². The molecule has 0 spiro atoms. The normalized spacial score (nSPS) is 19.6. The van der Waals surface area contributed by atoms with Gasteiger partial charge in [0, 0.05) is 0 Å². The van der Waals surface area contributed by atoms with E-state index in [1.807, 2.05) is 0 Å². The molecule has 106 valence electrons. The number of phenols is 1. The van der Waals surface area contributed by atoms with Crippen molar-refractivity contribution in [3.63, 3.8) is 0 Å². The monoisotopic (exact) mass is 270 g/mol. The summed E-state index contributed by atoms with van der Waals surface area (Å²) >= 11 is 0. The summed E-state index contributed by atoms with van der Waals surface area (Å²) in [4.78, 5) is 0. The Morgan fingerprint density at radius 1 is 1.00 bits per heavy atom. The van der Waals surface area contributed by atoms with Crippen molar-refractivity contribution in [2.45, 2.75) is 25.6 Å². The summed E-state index contributed by atoms with van der Waals surface area (Å²) in [5, 5.41) is 20.5. The van der Waals surface area contributed by atoms with Crippen LogP contribution in [0.1, 0.15) is 25.5 Å². The fourth-order valence-electron chi connectivity index (χ4n) is 2.26. The molecule has 6 nitrogen and oxygen atoms in total. The van der Waals surface area contributed by atoms with Crippen LogP contribution in [0.5, 0.6) is 28.7 Å². The highest BCUT2D eigenvalue weighted by Gasteiger charge is 2.46. The molecule has 1 unspecified atom stereocenters. The molecule has 2 rings (SSSR count). The number of rotatable bonds is 3. The summed E-state index contributed by atoms with van der Waals surface area (Å²) in [6.07, 6.45) is -0.942. The molecule has 0 saturated heterocycles. The maximum absolute atomic E-state index is 10.3. The standard InChI is InChI=1S/C13H18O6/c1-13(2)12(15)6-8(16-3)7(14)10(17-4)11(18-5)9(6)19-13/h12,14-15H,1-5H3. The second-order valence-corrected chi connectivity index (χ2v) is 4.80. The van der Waals surface area contributed by atoms with Gasteiger partial charge in [-0.25, -0.2) is 0 Å². The summed E-state index contributed by atoms with van der Waals surface area (Å²) in [5.41, 5.74) is -0.482. The summed E-state index contributed by atoms with van der Waals surface area (Å²) in [6, 6.07) is 0. The van der Waals surface area contributed by atoms with Crippen LogP contribution in [-0.4, -0.2) is 37.1 Å². The minimum Gasteiger partial charge on any atom is -0.502 e. The minimum absolute atomic E-state index is 0.114. The van der Waals surface area contributed by atoms with Crippen LogP contribution < -0.4 is 18.9 Å². The predicted octanol–water partition coefficient (Wildman–Crippen LogP) is 1.62. The molecule has 1 aliphatic heterocycles. The first kappa shape index (κ1) is 13.6. The molecule has 1 heterocycles. The van der Waals surface area contributed by atoms with Gasteiger partial charge in [-0.2, -0.15) is 0 Å². The lowest BCUT2D eigenvalue weighted by molar-refractivity contribution is -0.000929. The SMILES string of the molecule is COc1c(O)c(OC)c2c(c1OC)OC(C)(C)C2O. The van der Waals surface area contributed by atoms with E-state index < -0.39 is 11.7 Å². The Labute approximate surface area is 111 Å². The van der Waals surface area contributed by atoms with Crippen LogP contribution in [-0.2, 0) is 0 Å². The predicted molar refractivity (Wildman–Crippen MR) is 67.4 cm³/mol. The summed E-state index contributed by atoms with van der Waals surface area (Å²) < 4.78 is 21.2. The first-order valence-corrected chi connectivity index (χ1v) is 5.80. The number of aliphatic hydroxyl groups excluding tert-OH is 1. The van der Waals surface area contributed by atoms with E-state index in [9.17, 15) is 10.2 Å². The second kappa shape index (κ2) is 4.38. The Bertz CT molecular complexity index is 507. The van der Waals surface area contributed by atoms with Crippen molar-refractivity contribution >= 4 is 0 Å². The average Bonchev–Trinajstić information content (AvgIpc) is 2.60. The quantitative estimate of drug-likeness (QED) is 0.869. The number of hydrogen-bond donors (Lipinski definition) is 2. The van der Waals surface area contributed by atoms with Gasteiger partial charge in [0.1, 0.15) is 11.7 Å². The average molecular weight is 270 g/mol. The Morgan fingerprint density at radius 3 is 2.00 bits per heavy atom. The van der Waals surface area contributed by atoms with Crippen molar-refractivity contribution in [1.29, 1.82) is 0 Å². The molecule has 1 atom stereocenters. The van der Waals surface area contributed by atoms with Crippen LogP contribution in [0.4, 0.5) is 0 Å². The Hall–Kier alpha value is -1.82. The molecule has 6 heteroatoms. The van der Waals surface area contributed by atoms with E-state index in [1.54, 1.807) is 13.8 Å². The van der Waals surface area contributed by atoms with E-state index in [0.717, 1.165) is 0 Å². The van der Waals surface area contributed by atoms with Crippen LogP contribution in [0, 0.1) is 0 Å². The number of aromatic hydroxyl groups is 1. The lowest BCUT2D eigenvalue weighted by Gasteiger charge is -2.21. The van der Waals surface area contributed by atoms with Gasteiger partial charge in [0.15, 0.2) is 11.5 Å². The van der Waals surface area contributed by atoms with Crippen molar-refractivity contribution in [1.82, 2.24) is 0 Å². The van der Waals surface area contributed by atoms with Gasteiger partial charge in [-0.3, -0.25) is 0 Å². The van der Waals surface area contributed by atoms with Gasteiger partial charge >= 0.3 is 0 Å². The number of methoxy groups -OCH3 is 3. The van der Waals surface area contributed by atoms with Gasteiger partial charge in [0.2, 0.25) is 17.2 Å². The lowest BCUT2D eigenvalue weighted by atomic mass is 9.96. The van der Waals surface area contributed by atoms with E-state index >= 15 is 0 Å². The molecule has 1 aromatic carbocycles. The molecular formula is C13H18O6. The van der Waals surface area contributed by atoms with Crippen LogP contribution >= 0.6 is 0 Å². The maximum Gasteiger partial charge on any atom is 0.211 e. The van der Waals surface area contributed by atoms with E-state index in [2.05, 4.69) is 0 Å². The van der Waals surface area contributed by atoms with Crippen molar-refractivity contribution in [2.24, 2.45) is 0 Å². The molecule has 1 aliphatic rings. The van der Waals surface area contributed by atoms with Gasteiger partial charge < -0.3 is 29.2 Å². The topological polar surface area (TPSA) is 77.4 Å². The number of benzene rings is 1. The molecular weight excluding hydrogens is 252 g/mol. The second-order valence-electron chi connectivity index (χ2n) is 4.80. The van der Waals surface area contributed by atoms with E-state index in [0.29, 0.717) is 11.3 Å². The summed E-state index contributed by atoms with van der Waals surface area (Å²) in [7, 11) is 4.24. The first-order valence-electron chi connectivity index (χ1n) is 5.80. The van der Waals surface area contributed by atoms with Crippen molar-refractivity contribution < 1.29 is 29.2 Å². The van der Waals surface area contributed by atoms with Gasteiger partial charge in [-0.1, -0.05) is 0 Å². The Morgan fingerprint density at radius 2 is 1.53 bits per heavy atom. The van der Waals surface area contributed by atoms with Gasteiger partial charge in [-0.15, -0.1) is 0 Å². The molecule has 0 fully saturated rings. The third kappa shape index (κ3) is 1.74. The third-order valence-corrected chi connectivity index (χ3v) is 3.24. The molecule has 0 bridgehead atoms. The highest BCUT2D eigenvalue weighted by atomic mass is 16.6. The molecule has 0 radical (unpaired) electrons. The number of ether oxygens (including phenoxy) is 4. The Balaban J connectivity index is 2.80. The number of phenolic OH excluding ortho intramolecular Hbond substituents is 1. The zero-order chi connectivity index (χ0) is 14.4. The summed E-state index contributed by atoms with van der Waals surface area (Å²) in [6.45, 7) is 3.47.